The van der Waals surface area contributed by atoms with Crippen molar-refractivity contribution in [2.75, 3.05) is 19.5 Å². The van der Waals surface area contributed by atoms with Gasteiger partial charge in [0.25, 0.3) is 0 Å². The molecule has 7 nitrogen and oxygen atoms in total. The van der Waals surface area contributed by atoms with Gasteiger partial charge in [-0.1, -0.05) is 0 Å². The molecule has 0 unspecified atom stereocenters. The average Bonchev–Trinajstić information content (AvgIpc) is 2.66. The van der Waals surface area contributed by atoms with Gasteiger partial charge in [-0.3, -0.25) is 14.6 Å². The Bertz CT molecular complexity index is 776. The van der Waals surface area contributed by atoms with Crippen LogP contribution in [0.2, 0.25) is 0 Å². The number of hydrogen-bond donors (Lipinski definition) is 2. The van der Waals surface area contributed by atoms with E-state index in [0.717, 1.165) is 5.56 Å². The van der Waals surface area contributed by atoms with E-state index < -0.39 is 11.3 Å². The lowest BCUT2D eigenvalue weighted by atomic mass is 9.90. The van der Waals surface area contributed by atoms with E-state index in [1.54, 1.807) is 56.6 Å². The number of benzene rings is 1. The second kappa shape index (κ2) is 8.33. The number of methoxy groups -OCH3 is 2. The summed E-state index contributed by atoms with van der Waals surface area (Å²) in [7, 11) is 3.04. The number of nitrogens with one attached hydrogen (secondary N) is 2. The van der Waals surface area contributed by atoms with Crippen molar-refractivity contribution in [3.05, 3.63) is 48.3 Å². The quantitative estimate of drug-likeness (QED) is 0.743. The fourth-order valence-corrected chi connectivity index (χ4v) is 2.20. The van der Waals surface area contributed by atoms with Gasteiger partial charge < -0.3 is 20.1 Å². The molecule has 26 heavy (non-hydrogen) atoms. The third-order valence-corrected chi connectivity index (χ3v) is 3.99. The predicted molar refractivity (Wildman–Crippen MR) is 98.0 cm³/mol. The third kappa shape index (κ3) is 4.50. The highest BCUT2D eigenvalue weighted by atomic mass is 16.5. The first kappa shape index (κ1) is 19.2. The smallest absolute Gasteiger partial charge is 0.239 e. The molecule has 1 aromatic carbocycles. The number of hydrogen-bond acceptors (Lipinski definition) is 5. The minimum atomic E-state index is -1.28. The van der Waals surface area contributed by atoms with E-state index in [0.29, 0.717) is 23.7 Å². The normalized spacial score (nSPS) is 10.8. The number of carbonyl (C=O) groups is 2. The highest BCUT2D eigenvalue weighted by Gasteiger charge is 2.36. The Kier molecular flexibility index (Phi) is 6.16. The Morgan fingerprint density at radius 1 is 1.04 bits per heavy atom. The monoisotopic (exact) mass is 357 g/mol. The Hall–Kier alpha value is -3.09. The lowest BCUT2D eigenvalue weighted by Crippen LogP contribution is -2.44. The molecule has 1 heterocycles. The summed E-state index contributed by atoms with van der Waals surface area (Å²) < 4.78 is 10.4. The first-order valence-corrected chi connectivity index (χ1v) is 8.09. The van der Waals surface area contributed by atoms with Gasteiger partial charge >= 0.3 is 0 Å². The Morgan fingerprint density at radius 2 is 1.73 bits per heavy atom. The molecule has 1 aromatic heterocycles. The number of anilines is 1. The molecule has 0 saturated carbocycles. The minimum Gasteiger partial charge on any atom is -0.497 e. The van der Waals surface area contributed by atoms with Crippen LogP contribution in [-0.2, 0) is 16.1 Å². The summed E-state index contributed by atoms with van der Waals surface area (Å²) in [6.07, 6.45) is 3.29. The van der Waals surface area contributed by atoms with E-state index in [-0.39, 0.29) is 5.91 Å². The summed E-state index contributed by atoms with van der Waals surface area (Å²) in [6, 6.07) is 8.65. The van der Waals surface area contributed by atoms with Gasteiger partial charge in [-0.05, 0) is 43.7 Å². The second-order valence-corrected chi connectivity index (χ2v) is 6.18. The molecule has 2 rings (SSSR count). The molecule has 7 heteroatoms. The van der Waals surface area contributed by atoms with Crippen molar-refractivity contribution in [2.45, 2.75) is 20.4 Å². The van der Waals surface area contributed by atoms with Crippen LogP contribution in [0.15, 0.2) is 42.7 Å². The van der Waals surface area contributed by atoms with Crippen molar-refractivity contribution < 1.29 is 19.1 Å². The van der Waals surface area contributed by atoms with Crippen LogP contribution in [0.4, 0.5) is 5.69 Å². The van der Waals surface area contributed by atoms with Gasteiger partial charge in [0.2, 0.25) is 11.8 Å². The molecule has 0 aliphatic heterocycles. The highest BCUT2D eigenvalue weighted by Crippen LogP contribution is 2.30. The summed E-state index contributed by atoms with van der Waals surface area (Å²) in [6.45, 7) is 3.45. The van der Waals surface area contributed by atoms with Crippen molar-refractivity contribution in [2.24, 2.45) is 5.41 Å². The van der Waals surface area contributed by atoms with Gasteiger partial charge in [-0.15, -0.1) is 0 Å². The number of carbonyl (C=O) groups excluding carboxylic acids is 2. The fraction of sp³-hybridized carbons (Fsp3) is 0.316. The maximum Gasteiger partial charge on any atom is 0.239 e. The molecule has 0 fully saturated rings. The topological polar surface area (TPSA) is 89.5 Å². The summed E-state index contributed by atoms with van der Waals surface area (Å²) in [5.41, 5.74) is 0.0621. The largest absolute Gasteiger partial charge is 0.497 e. The van der Waals surface area contributed by atoms with Gasteiger partial charge in [0, 0.05) is 25.0 Å². The number of pyridine rings is 1. The standard InChI is InChI=1S/C19H23N3O4/c1-19(2,17(23)21-12-13-7-9-20-10-8-13)18(24)22-15-11-14(25-3)5-6-16(15)26-4/h5-11H,12H2,1-4H3,(H,21,23)(H,22,24). The summed E-state index contributed by atoms with van der Waals surface area (Å²) in [4.78, 5) is 29.1. The van der Waals surface area contributed by atoms with Crippen molar-refractivity contribution in [3.63, 3.8) is 0 Å². The van der Waals surface area contributed by atoms with Gasteiger partial charge in [-0.2, -0.15) is 0 Å². The number of rotatable bonds is 7. The summed E-state index contributed by atoms with van der Waals surface area (Å²) in [5, 5.41) is 5.51. The number of ether oxygens (including phenoxy) is 2. The molecule has 0 bridgehead atoms. The van der Waals surface area contributed by atoms with E-state index in [1.165, 1.54) is 14.2 Å². The zero-order valence-corrected chi connectivity index (χ0v) is 15.3. The maximum absolute atomic E-state index is 12.7. The molecule has 2 N–H and O–H groups in total. The lowest BCUT2D eigenvalue weighted by molar-refractivity contribution is -0.138. The Morgan fingerprint density at radius 3 is 2.35 bits per heavy atom. The zero-order chi connectivity index (χ0) is 19.2. The maximum atomic E-state index is 12.7. The van der Waals surface area contributed by atoms with Crippen molar-refractivity contribution >= 4 is 17.5 Å². The van der Waals surface area contributed by atoms with E-state index in [4.69, 9.17) is 9.47 Å². The molecule has 2 aromatic rings. The molecule has 0 atom stereocenters. The predicted octanol–water partition coefficient (Wildman–Crippen LogP) is 2.38. The fourth-order valence-electron chi connectivity index (χ4n) is 2.20. The average molecular weight is 357 g/mol. The first-order chi connectivity index (χ1) is 12.4. The Labute approximate surface area is 152 Å². The lowest BCUT2D eigenvalue weighted by Gasteiger charge is -2.23. The van der Waals surface area contributed by atoms with Gasteiger partial charge in [0.1, 0.15) is 16.9 Å². The van der Waals surface area contributed by atoms with Crippen LogP contribution in [0.25, 0.3) is 0 Å². The van der Waals surface area contributed by atoms with Crippen LogP contribution in [-0.4, -0.2) is 31.0 Å². The van der Waals surface area contributed by atoms with Crippen molar-refractivity contribution in [3.8, 4) is 11.5 Å². The molecule has 0 spiro atoms. The summed E-state index contributed by atoms with van der Waals surface area (Å²) >= 11 is 0. The summed E-state index contributed by atoms with van der Waals surface area (Å²) in [5.74, 6) is 0.221. The highest BCUT2D eigenvalue weighted by molar-refractivity contribution is 6.10. The SMILES string of the molecule is COc1ccc(OC)c(NC(=O)C(C)(C)C(=O)NCc2ccncc2)c1. The molecular weight excluding hydrogens is 334 g/mol. The molecule has 0 radical (unpaired) electrons. The van der Waals surface area contributed by atoms with Gasteiger partial charge in [0.15, 0.2) is 0 Å². The second-order valence-electron chi connectivity index (χ2n) is 6.18. The first-order valence-electron chi connectivity index (χ1n) is 8.09. The minimum absolute atomic E-state index is 0.320. The molecule has 138 valence electrons. The van der Waals surface area contributed by atoms with Crippen LogP contribution in [0.5, 0.6) is 11.5 Å². The molecule has 0 aliphatic rings. The van der Waals surface area contributed by atoms with Crippen LogP contribution >= 0.6 is 0 Å². The number of nitrogens with zero attached hydrogens (tertiary/aromatic N) is 1. The third-order valence-electron chi connectivity index (χ3n) is 3.99. The number of aromatic nitrogens is 1. The van der Waals surface area contributed by atoms with Gasteiger partial charge in [-0.25, -0.2) is 0 Å². The molecular formula is C19H23N3O4. The van der Waals surface area contributed by atoms with E-state index in [1.807, 2.05) is 0 Å². The van der Waals surface area contributed by atoms with E-state index in [2.05, 4.69) is 15.6 Å². The molecule has 2 amide bonds. The Balaban J connectivity index is 2.08. The van der Waals surface area contributed by atoms with Crippen LogP contribution in [0, 0.1) is 5.41 Å². The van der Waals surface area contributed by atoms with E-state index >= 15 is 0 Å². The van der Waals surface area contributed by atoms with Crippen LogP contribution < -0.4 is 20.1 Å². The van der Waals surface area contributed by atoms with Crippen molar-refractivity contribution in [1.82, 2.24) is 10.3 Å². The van der Waals surface area contributed by atoms with Crippen LogP contribution in [0.3, 0.4) is 0 Å². The van der Waals surface area contributed by atoms with Gasteiger partial charge in [0.05, 0.1) is 19.9 Å². The molecule has 0 aliphatic carbocycles. The van der Waals surface area contributed by atoms with E-state index in [9.17, 15) is 9.59 Å². The molecule has 0 saturated heterocycles. The van der Waals surface area contributed by atoms with Crippen LogP contribution in [0.1, 0.15) is 19.4 Å². The number of amides is 2. The van der Waals surface area contributed by atoms with Crippen molar-refractivity contribution in [1.29, 1.82) is 0 Å². The zero-order valence-electron chi connectivity index (χ0n) is 15.3.